The average molecular weight is 246 g/mol. The van der Waals surface area contributed by atoms with E-state index >= 15 is 0 Å². The molecule has 0 spiro atoms. The summed E-state index contributed by atoms with van der Waals surface area (Å²) >= 11 is 0. The van der Waals surface area contributed by atoms with Gasteiger partial charge >= 0.3 is 0 Å². The van der Waals surface area contributed by atoms with Crippen molar-refractivity contribution in [1.82, 2.24) is 0 Å². The van der Waals surface area contributed by atoms with Crippen molar-refractivity contribution in [3.8, 4) is 0 Å². The molecular weight excluding hydrogens is 239 g/mol. The van der Waals surface area contributed by atoms with Gasteiger partial charge in [-0.1, -0.05) is 0 Å². The summed E-state index contributed by atoms with van der Waals surface area (Å²) in [5, 5.41) is 2.15. The minimum absolute atomic E-state index is 0. The summed E-state index contributed by atoms with van der Waals surface area (Å²) in [7, 11) is -4.20. The molecule has 0 atom stereocenters. The molecule has 0 saturated carbocycles. The minimum atomic E-state index is -4.20. The molecule has 0 bridgehead atoms. The Bertz CT molecular complexity index is 418. The van der Waals surface area contributed by atoms with E-state index in [-0.39, 0.29) is 35.2 Å². The zero-order chi connectivity index (χ0) is 10.8. The third-order valence-electron chi connectivity index (χ3n) is 1.32. The van der Waals surface area contributed by atoms with Crippen LogP contribution in [0.5, 0.6) is 0 Å². The maximum Gasteiger partial charge on any atom is 0.283 e. The van der Waals surface area contributed by atoms with E-state index in [1.54, 1.807) is 0 Å². The standard InChI is InChI=1S/C7H7F2NO3S.Na/c8-5-1-6(9)3-7(2-5)10-4-14(11,12)13;/h1-3,10H,4H2,(H,11,12,13);. The van der Waals surface area contributed by atoms with E-state index in [1.165, 1.54) is 0 Å². The van der Waals surface area contributed by atoms with Crippen molar-refractivity contribution < 1.29 is 21.8 Å². The fourth-order valence-electron chi connectivity index (χ4n) is 0.830. The number of hydrogen-bond donors (Lipinski definition) is 2. The Kier molecular flexibility index (Phi) is 5.68. The van der Waals surface area contributed by atoms with Gasteiger partial charge in [0.2, 0.25) is 0 Å². The normalized spacial score (nSPS) is 10.6. The van der Waals surface area contributed by atoms with E-state index in [0.717, 1.165) is 12.1 Å². The number of rotatable bonds is 3. The maximum atomic E-state index is 12.6. The molecule has 1 aromatic carbocycles. The van der Waals surface area contributed by atoms with Crippen LogP contribution in [-0.2, 0) is 10.1 Å². The molecule has 1 rings (SSSR count). The Morgan fingerprint density at radius 2 is 1.67 bits per heavy atom. The third-order valence-corrected chi connectivity index (χ3v) is 1.83. The van der Waals surface area contributed by atoms with Gasteiger partial charge < -0.3 is 5.32 Å². The molecule has 1 aromatic rings. The summed E-state index contributed by atoms with van der Waals surface area (Å²) in [6, 6.07) is 2.47. The third kappa shape index (κ3) is 6.06. The van der Waals surface area contributed by atoms with Crippen molar-refractivity contribution >= 4 is 45.4 Å². The predicted octanol–water partition coefficient (Wildman–Crippen LogP) is 0.841. The van der Waals surface area contributed by atoms with Crippen molar-refractivity contribution in [2.24, 2.45) is 0 Å². The van der Waals surface area contributed by atoms with Crippen molar-refractivity contribution in [1.29, 1.82) is 0 Å². The number of nitrogens with one attached hydrogen (secondary N) is 1. The molecule has 0 saturated heterocycles. The Labute approximate surface area is 108 Å². The van der Waals surface area contributed by atoms with Crippen LogP contribution in [0, 0.1) is 11.6 Å². The van der Waals surface area contributed by atoms with Gasteiger partial charge in [-0.3, -0.25) is 4.55 Å². The van der Waals surface area contributed by atoms with Gasteiger partial charge in [-0.2, -0.15) is 8.42 Å². The monoisotopic (exact) mass is 246 g/mol. The molecule has 0 heterocycles. The van der Waals surface area contributed by atoms with Gasteiger partial charge in [0, 0.05) is 41.3 Å². The molecule has 15 heavy (non-hydrogen) atoms. The first-order chi connectivity index (χ1) is 6.37. The smallest absolute Gasteiger partial charge is 0.283 e. The van der Waals surface area contributed by atoms with Gasteiger partial charge in [-0.25, -0.2) is 8.78 Å². The molecule has 0 amide bonds. The fraction of sp³-hybridized carbons (Fsp3) is 0.143. The molecule has 0 aromatic heterocycles. The Morgan fingerprint density at radius 3 is 2.07 bits per heavy atom. The van der Waals surface area contributed by atoms with E-state index in [2.05, 4.69) is 5.32 Å². The van der Waals surface area contributed by atoms with Crippen LogP contribution in [0.1, 0.15) is 0 Å². The molecular formula is C7H7F2NNaO3S. The summed E-state index contributed by atoms with van der Waals surface area (Å²) < 4.78 is 54.0. The molecule has 2 N–H and O–H groups in total. The van der Waals surface area contributed by atoms with Crippen LogP contribution >= 0.6 is 0 Å². The maximum absolute atomic E-state index is 12.6. The SMILES string of the molecule is O=S(=O)(O)CNc1cc(F)cc(F)c1.[Na]. The van der Waals surface area contributed by atoms with Crippen LogP contribution in [0.25, 0.3) is 0 Å². The Morgan fingerprint density at radius 1 is 1.20 bits per heavy atom. The van der Waals surface area contributed by atoms with Crippen LogP contribution in [0.15, 0.2) is 18.2 Å². The zero-order valence-electron chi connectivity index (χ0n) is 7.87. The van der Waals surface area contributed by atoms with Gasteiger partial charge in [0.05, 0.1) is 0 Å². The Balaban J connectivity index is 0.00000196. The Hall–Kier alpha value is -0.210. The van der Waals surface area contributed by atoms with Crippen LogP contribution in [0.4, 0.5) is 14.5 Å². The zero-order valence-corrected chi connectivity index (χ0v) is 10.7. The minimum Gasteiger partial charge on any atom is -0.369 e. The van der Waals surface area contributed by atoms with E-state index in [9.17, 15) is 17.2 Å². The molecule has 0 aliphatic carbocycles. The van der Waals surface area contributed by atoms with Crippen LogP contribution in [0.2, 0.25) is 0 Å². The second-order valence-corrected chi connectivity index (χ2v) is 4.01. The first-order valence-electron chi connectivity index (χ1n) is 3.52. The molecule has 0 fully saturated rings. The van der Waals surface area contributed by atoms with E-state index in [0.29, 0.717) is 6.07 Å². The second kappa shape index (κ2) is 5.76. The van der Waals surface area contributed by atoms with Gasteiger partial charge in [-0.05, 0) is 12.1 Å². The van der Waals surface area contributed by atoms with Crippen LogP contribution in [0.3, 0.4) is 0 Å². The number of halogens is 2. The van der Waals surface area contributed by atoms with Gasteiger partial charge in [0.15, 0.2) is 0 Å². The molecule has 79 valence electrons. The van der Waals surface area contributed by atoms with Crippen molar-refractivity contribution in [2.45, 2.75) is 0 Å². The van der Waals surface area contributed by atoms with Crippen molar-refractivity contribution in [3.63, 3.8) is 0 Å². The van der Waals surface area contributed by atoms with Crippen LogP contribution < -0.4 is 5.32 Å². The average Bonchev–Trinajstić information content (AvgIpc) is 1.97. The fourth-order valence-corrected chi connectivity index (χ4v) is 1.18. The summed E-state index contributed by atoms with van der Waals surface area (Å²) in [6.45, 7) is 0. The summed E-state index contributed by atoms with van der Waals surface area (Å²) in [5.74, 6) is -2.46. The number of anilines is 1. The van der Waals surface area contributed by atoms with Gasteiger partial charge in [0.25, 0.3) is 10.1 Å². The first-order valence-corrected chi connectivity index (χ1v) is 5.13. The molecule has 1 radical (unpaired) electrons. The number of hydrogen-bond acceptors (Lipinski definition) is 3. The summed E-state index contributed by atoms with van der Waals surface area (Å²) in [4.78, 5) is 0. The van der Waals surface area contributed by atoms with Crippen molar-refractivity contribution in [2.75, 3.05) is 11.2 Å². The predicted molar refractivity (Wildman–Crippen MR) is 52.2 cm³/mol. The quantitative estimate of drug-likeness (QED) is 0.612. The molecule has 0 unspecified atom stereocenters. The molecule has 0 aliphatic rings. The molecule has 0 aliphatic heterocycles. The van der Waals surface area contributed by atoms with Gasteiger partial charge in [0.1, 0.15) is 17.5 Å². The second-order valence-electron chi connectivity index (χ2n) is 2.56. The first kappa shape index (κ1) is 14.8. The van der Waals surface area contributed by atoms with Crippen molar-refractivity contribution in [3.05, 3.63) is 29.8 Å². The summed E-state index contributed by atoms with van der Waals surface area (Å²) in [5.41, 5.74) is -0.0554. The van der Waals surface area contributed by atoms with E-state index < -0.39 is 27.6 Å². The van der Waals surface area contributed by atoms with E-state index in [4.69, 9.17) is 4.55 Å². The summed E-state index contributed by atoms with van der Waals surface area (Å²) in [6.07, 6.45) is 0. The van der Waals surface area contributed by atoms with E-state index in [1.807, 2.05) is 0 Å². The largest absolute Gasteiger partial charge is 0.369 e. The topological polar surface area (TPSA) is 66.4 Å². The van der Waals surface area contributed by atoms with Crippen LogP contribution in [-0.4, -0.2) is 48.4 Å². The number of benzene rings is 1. The van der Waals surface area contributed by atoms with Gasteiger partial charge in [-0.15, -0.1) is 0 Å². The molecule has 8 heteroatoms. The molecule has 4 nitrogen and oxygen atoms in total.